The van der Waals surface area contributed by atoms with Crippen molar-refractivity contribution in [2.24, 2.45) is 0 Å². The zero-order valence-electron chi connectivity index (χ0n) is 16.4. The zero-order chi connectivity index (χ0) is 21.0. The van der Waals surface area contributed by atoms with E-state index in [1.807, 2.05) is 54.8 Å². The van der Waals surface area contributed by atoms with E-state index in [4.69, 9.17) is 16.7 Å². The fourth-order valence-corrected chi connectivity index (χ4v) is 3.38. The minimum atomic E-state index is -0.867. The second-order valence-corrected chi connectivity index (χ2v) is 7.42. The second-order valence-electron chi connectivity index (χ2n) is 7.02. The molecule has 0 spiro atoms. The van der Waals surface area contributed by atoms with E-state index in [1.165, 1.54) is 0 Å². The number of carbonyl (C=O) groups excluding carboxylic acids is 1. The van der Waals surface area contributed by atoms with E-state index in [2.05, 4.69) is 5.32 Å². The molecule has 3 aromatic rings. The van der Waals surface area contributed by atoms with Crippen LogP contribution in [-0.4, -0.2) is 21.6 Å². The van der Waals surface area contributed by atoms with Crippen molar-refractivity contribution in [3.05, 3.63) is 76.4 Å². The third-order valence-electron chi connectivity index (χ3n) is 4.86. The Labute approximate surface area is 174 Å². The number of aromatic nitrogens is 1. The summed E-state index contributed by atoms with van der Waals surface area (Å²) in [5, 5.41) is 12.6. The molecule has 6 heteroatoms. The smallest absolute Gasteiger partial charge is 0.303 e. The van der Waals surface area contributed by atoms with Crippen molar-refractivity contribution in [2.75, 3.05) is 5.32 Å². The Morgan fingerprint density at radius 2 is 1.76 bits per heavy atom. The van der Waals surface area contributed by atoms with Gasteiger partial charge in [0.1, 0.15) is 6.54 Å². The van der Waals surface area contributed by atoms with Gasteiger partial charge in [0.25, 0.3) is 0 Å². The van der Waals surface area contributed by atoms with Gasteiger partial charge in [0.15, 0.2) is 0 Å². The predicted octanol–water partition coefficient (Wildman–Crippen LogP) is 5.08. The summed E-state index contributed by atoms with van der Waals surface area (Å²) in [6.07, 6.45) is 0.358. The molecule has 0 radical (unpaired) electrons. The maximum Gasteiger partial charge on any atom is 0.303 e. The highest BCUT2D eigenvalue weighted by Gasteiger charge is 2.15. The van der Waals surface area contributed by atoms with Gasteiger partial charge in [-0.1, -0.05) is 47.5 Å². The van der Waals surface area contributed by atoms with Gasteiger partial charge in [0.2, 0.25) is 5.91 Å². The lowest BCUT2D eigenvalue weighted by atomic mass is 10.1. The van der Waals surface area contributed by atoms with Crippen molar-refractivity contribution in [1.82, 2.24) is 4.57 Å². The van der Waals surface area contributed by atoms with Crippen molar-refractivity contribution in [1.29, 1.82) is 0 Å². The number of carboxylic acids is 1. The predicted molar refractivity (Wildman–Crippen MR) is 115 cm³/mol. The Morgan fingerprint density at radius 1 is 1.03 bits per heavy atom. The quantitative estimate of drug-likeness (QED) is 0.570. The first-order chi connectivity index (χ1) is 13.8. The van der Waals surface area contributed by atoms with E-state index in [0.717, 1.165) is 28.1 Å². The molecule has 2 aromatic carbocycles. The largest absolute Gasteiger partial charge is 0.481 e. The maximum absolute atomic E-state index is 12.8. The highest BCUT2D eigenvalue weighted by atomic mass is 35.5. The van der Waals surface area contributed by atoms with E-state index >= 15 is 0 Å². The third kappa shape index (κ3) is 5.06. The molecule has 5 nitrogen and oxygen atoms in total. The first-order valence-electron chi connectivity index (χ1n) is 9.37. The van der Waals surface area contributed by atoms with Crippen LogP contribution in [0.15, 0.2) is 54.6 Å². The number of aryl methyl sites for hydroxylation is 2. The number of carbonyl (C=O) groups is 2. The molecule has 0 unspecified atom stereocenters. The summed E-state index contributed by atoms with van der Waals surface area (Å²) in [6.45, 7) is 3.95. The number of halogens is 1. The minimum Gasteiger partial charge on any atom is -0.481 e. The Bertz CT molecular complexity index is 1040. The summed E-state index contributed by atoms with van der Waals surface area (Å²) in [7, 11) is 0. The van der Waals surface area contributed by atoms with Crippen LogP contribution in [0.25, 0.3) is 11.3 Å². The Hall–Kier alpha value is -3.05. The number of amides is 1. The highest BCUT2D eigenvalue weighted by molar-refractivity contribution is 6.31. The van der Waals surface area contributed by atoms with Crippen LogP contribution < -0.4 is 5.32 Å². The van der Waals surface area contributed by atoms with Gasteiger partial charge in [0.05, 0.1) is 6.42 Å². The number of anilines is 1. The number of hydrogen-bond acceptors (Lipinski definition) is 2. The standard InChI is InChI=1S/C23H23ClN2O3/c1-15-6-8-17(9-7-15)21-12-10-18(11-13-23(28)29)26(21)14-22(27)25-20-5-3-4-19(24)16(20)2/h3-10,12H,11,13-14H2,1-2H3,(H,25,27)(H,28,29). The van der Waals surface area contributed by atoms with Crippen molar-refractivity contribution in [3.8, 4) is 11.3 Å². The van der Waals surface area contributed by atoms with Crippen molar-refractivity contribution >= 4 is 29.2 Å². The second kappa shape index (κ2) is 8.97. The average Bonchev–Trinajstić information content (AvgIpc) is 3.07. The molecule has 2 N–H and O–H groups in total. The van der Waals surface area contributed by atoms with Gasteiger partial charge >= 0.3 is 5.97 Å². The summed E-state index contributed by atoms with van der Waals surface area (Å²) in [4.78, 5) is 23.8. The molecule has 0 atom stereocenters. The lowest BCUT2D eigenvalue weighted by molar-refractivity contribution is -0.137. The van der Waals surface area contributed by atoms with Crippen molar-refractivity contribution in [3.63, 3.8) is 0 Å². The topological polar surface area (TPSA) is 71.3 Å². The SMILES string of the molecule is Cc1ccc(-c2ccc(CCC(=O)O)n2CC(=O)Nc2cccc(Cl)c2C)cc1. The molecule has 150 valence electrons. The number of aliphatic carboxylic acids is 1. The minimum absolute atomic E-state index is 0.00632. The van der Waals surface area contributed by atoms with Crippen molar-refractivity contribution in [2.45, 2.75) is 33.2 Å². The molecule has 29 heavy (non-hydrogen) atoms. The molecule has 1 aromatic heterocycles. The zero-order valence-corrected chi connectivity index (χ0v) is 17.2. The molecule has 0 fully saturated rings. The molecule has 1 heterocycles. The number of nitrogens with zero attached hydrogens (tertiary/aromatic N) is 1. The number of hydrogen-bond donors (Lipinski definition) is 2. The van der Waals surface area contributed by atoms with Gasteiger partial charge in [-0.05, 0) is 55.7 Å². The molecule has 1 amide bonds. The molecule has 0 saturated heterocycles. The van der Waals surface area contributed by atoms with E-state index in [9.17, 15) is 9.59 Å². The van der Waals surface area contributed by atoms with E-state index in [-0.39, 0.29) is 18.9 Å². The van der Waals surface area contributed by atoms with Gasteiger partial charge in [-0.25, -0.2) is 0 Å². The lowest BCUT2D eigenvalue weighted by Gasteiger charge is -2.15. The van der Waals surface area contributed by atoms with Gasteiger partial charge in [-0.3, -0.25) is 9.59 Å². The lowest BCUT2D eigenvalue weighted by Crippen LogP contribution is -2.21. The summed E-state index contributed by atoms with van der Waals surface area (Å²) < 4.78 is 1.88. The molecular weight excluding hydrogens is 388 g/mol. The normalized spacial score (nSPS) is 10.7. The fraction of sp³-hybridized carbons (Fsp3) is 0.217. The summed E-state index contributed by atoms with van der Waals surface area (Å²) in [6, 6.07) is 17.2. The van der Waals surface area contributed by atoms with Crippen LogP contribution in [0.5, 0.6) is 0 Å². The van der Waals surface area contributed by atoms with Gasteiger partial charge in [0, 0.05) is 22.1 Å². The van der Waals surface area contributed by atoms with Crippen LogP contribution in [0.4, 0.5) is 5.69 Å². The van der Waals surface area contributed by atoms with Crippen LogP contribution in [0.3, 0.4) is 0 Å². The first-order valence-corrected chi connectivity index (χ1v) is 9.75. The van der Waals surface area contributed by atoms with Gasteiger partial charge in [-0.15, -0.1) is 0 Å². The number of nitrogens with one attached hydrogen (secondary N) is 1. The summed E-state index contributed by atoms with van der Waals surface area (Å²) in [5.41, 5.74) is 5.28. The van der Waals surface area contributed by atoms with E-state index < -0.39 is 5.97 Å². The molecule has 0 bridgehead atoms. The van der Waals surface area contributed by atoms with Crippen LogP contribution in [0, 0.1) is 13.8 Å². The Morgan fingerprint density at radius 3 is 2.45 bits per heavy atom. The van der Waals surface area contributed by atoms with Crippen LogP contribution >= 0.6 is 11.6 Å². The monoisotopic (exact) mass is 410 g/mol. The molecule has 0 aliphatic rings. The molecular formula is C23H23ClN2O3. The van der Waals surface area contributed by atoms with Crippen LogP contribution in [-0.2, 0) is 22.6 Å². The maximum atomic E-state index is 12.8. The van der Waals surface area contributed by atoms with Crippen LogP contribution in [0.2, 0.25) is 5.02 Å². The fourth-order valence-electron chi connectivity index (χ4n) is 3.20. The summed E-state index contributed by atoms with van der Waals surface area (Å²) in [5.74, 6) is -1.06. The first kappa shape index (κ1) is 20.7. The average molecular weight is 411 g/mol. The molecule has 3 rings (SSSR count). The summed E-state index contributed by atoms with van der Waals surface area (Å²) >= 11 is 6.14. The number of carboxylic acid groups (broad SMARTS) is 1. The van der Waals surface area contributed by atoms with E-state index in [1.54, 1.807) is 18.2 Å². The molecule has 0 saturated carbocycles. The molecule has 0 aliphatic heterocycles. The Balaban J connectivity index is 1.89. The third-order valence-corrected chi connectivity index (χ3v) is 5.27. The van der Waals surface area contributed by atoms with Gasteiger partial charge < -0.3 is 15.0 Å². The Kier molecular flexibility index (Phi) is 6.39. The number of benzene rings is 2. The van der Waals surface area contributed by atoms with Crippen molar-refractivity contribution < 1.29 is 14.7 Å². The van der Waals surface area contributed by atoms with Crippen LogP contribution in [0.1, 0.15) is 23.2 Å². The van der Waals surface area contributed by atoms with E-state index in [0.29, 0.717) is 17.1 Å². The molecule has 0 aliphatic carbocycles. The van der Waals surface area contributed by atoms with Gasteiger partial charge in [-0.2, -0.15) is 0 Å². The highest BCUT2D eigenvalue weighted by Crippen LogP contribution is 2.26. The number of rotatable bonds is 7.